The van der Waals surface area contributed by atoms with Crippen LogP contribution in [0, 0.1) is 0 Å². The summed E-state index contributed by atoms with van der Waals surface area (Å²) in [7, 11) is 0. The van der Waals surface area contributed by atoms with Crippen LogP contribution in [0.4, 0.5) is 0 Å². The number of halogens is 2. The van der Waals surface area contributed by atoms with Crippen molar-refractivity contribution >= 4 is 27.5 Å². The summed E-state index contributed by atoms with van der Waals surface area (Å²) < 4.78 is 5.13. The topological polar surface area (TPSA) is 51.8 Å². The van der Waals surface area contributed by atoms with Crippen molar-refractivity contribution in [2.24, 2.45) is 0 Å². The normalized spacial score (nSPS) is 10.3. The average Bonchev–Trinajstić information content (AvgIpc) is 2.53. The Morgan fingerprint density at radius 2 is 2.23 bits per heavy atom. The molecular formula is C7H3BrClN3O. The van der Waals surface area contributed by atoms with Gasteiger partial charge >= 0.3 is 0 Å². The number of nitrogens with zero attached hydrogens (tertiary/aromatic N) is 3. The summed E-state index contributed by atoms with van der Waals surface area (Å²) in [5, 5.41) is 7.91. The van der Waals surface area contributed by atoms with Gasteiger partial charge in [0.15, 0.2) is 0 Å². The van der Waals surface area contributed by atoms with E-state index in [1.54, 1.807) is 12.3 Å². The van der Waals surface area contributed by atoms with Crippen LogP contribution in [0.25, 0.3) is 11.5 Å². The molecule has 0 N–H and O–H groups in total. The molecule has 0 aliphatic heterocycles. The van der Waals surface area contributed by atoms with E-state index in [0.29, 0.717) is 21.3 Å². The van der Waals surface area contributed by atoms with Crippen LogP contribution in [0.5, 0.6) is 0 Å². The molecule has 0 radical (unpaired) electrons. The first-order valence-corrected chi connectivity index (χ1v) is 4.53. The Kier molecular flexibility index (Phi) is 2.28. The third kappa shape index (κ3) is 1.71. The molecule has 2 aromatic heterocycles. The maximum Gasteiger partial charge on any atom is 0.285 e. The van der Waals surface area contributed by atoms with Crippen molar-refractivity contribution in [3.05, 3.63) is 28.3 Å². The Balaban J connectivity index is 2.52. The van der Waals surface area contributed by atoms with Crippen LogP contribution >= 0.6 is 27.5 Å². The smallest absolute Gasteiger partial charge is 0.285 e. The zero-order valence-corrected chi connectivity index (χ0v) is 8.58. The quantitative estimate of drug-likeness (QED) is 0.790. The van der Waals surface area contributed by atoms with E-state index < -0.39 is 0 Å². The van der Waals surface area contributed by atoms with E-state index in [9.17, 15) is 0 Å². The molecule has 4 nitrogen and oxygen atoms in total. The van der Waals surface area contributed by atoms with Crippen LogP contribution in [-0.4, -0.2) is 15.2 Å². The molecule has 6 heteroatoms. The molecule has 13 heavy (non-hydrogen) atoms. The molecule has 0 bridgehead atoms. The van der Waals surface area contributed by atoms with Gasteiger partial charge in [-0.1, -0.05) is 11.6 Å². The van der Waals surface area contributed by atoms with Crippen molar-refractivity contribution in [3.63, 3.8) is 0 Å². The largest absolute Gasteiger partial charge is 0.411 e. The molecule has 0 unspecified atom stereocenters. The Labute approximate surface area is 87.1 Å². The van der Waals surface area contributed by atoms with Gasteiger partial charge in [0.2, 0.25) is 5.89 Å². The third-order valence-electron chi connectivity index (χ3n) is 1.40. The third-order valence-corrected chi connectivity index (χ3v) is 2.02. The zero-order valence-electron chi connectivity index (χ0n) is 6.24. The van der Waals surface area contributed by atoms with Crippen LogP contribution in [0.3, 0.4) is 0 Å². The molecule has 0 saturated heterocycles. The fraction of sp³-hybridized carbons (Fsp3) is 0. The van der Waals surface area contributed by atoms with Crippen LogP contribution < -0.4 is 0 Å². The summed E-state index contributed by atoms with van der Waals surface area (Å²) in [4.78, 5) is 4.17. The SMILES string of the molecule is Clc1cnccc1-c1nnc(Br)o1. The first kappa shape index (κ1) is 8.65. The second-order valence-electron chi connectivity index (χ2n) is 2.22. The lowest BCUT2D eigenvalue weighted by Crippen LogP contribution is -1.80. The molecule has 2 rings (SSSR count). The second-order valence-corrected chi connectivity index (χ2v) is 3.30. The first-order valence-electron chi connectivity index (χ1n) is 3.36. The lowest BCUT2D eigenvalue weighted by Gasteiger charge is -1.95. The molecule has 0 aliphatic carbocycles. The van der Waals surface area contributed by atoms with E-state index in [1.807, 2.05) is 0 Å². The molecule has 0 atom stereocenters. The van der Waals surface area contributed by atoms with Crippen molar-refractivity contribution in [1.29, 1.82) is 0 Å². The highest BCUT2D eigenvalue weighted by Gasteiger charge is 2.09. The van der Waals surface area contributed by atoms with Gasteiger partial charge < -0.3 is 4.42 Å². The monoisotopic (exact) mass is 259 g/mol. The highest BCUT2D eigenvalue weighted by molar-refractivity contribution is 9.10. The predicted molar refractivity (Wildman–Crippen MR) is 50.2 cm³/mol. The molecule has 0 amide bonds. The Morgan fingerprint density at radius 1 is 1.38 bits per heavy atom. The number of aromatic nitrogens is 3. The van der Waals surface area contributed by atoms with Gasteiger partial charge in [0.05, 0.1) is 10.6 Å². The van der Waals surface area contributed by atoms with Crippen LogP contribution in [0.1, 0.15) is 0 Å². The minimum Gasteiger partial charge on any atom is -0.411 e. The predicted octanol–water partition coefficient (Wildman–Crippen LogP) is 2.55. The number of hydrogen-bond acceptors (Lipinski definition) is 4. The summed E-state index contributed by atoms with van der Waals surface area (Å²) in [6.45, 7) is 0. The Hall–Kier alpha value is -0.940. The van der Waals surface area contributed by atoms with E-state index in [1.165, 1.54) is 6.20 Å². The summed E-state index contributed by atoms with van der Waals surface area (Å²) >= 11 is 8.92. The fourth-order valence-corrected chi connectivity index (χ4v) is 1.30. The van der Waals surface area contributed by atoms with Crippen molar-refractivity contribution in [3.8, 4) is 11.5 Å². The van der Waals surface area contributed by atoms with Gasteiger partial charge in [0.1, 0.15) is 0 Å². The molecule has 66 valence electrons. The van der Waals surface area contributed by atoms with Gasteiger partial charge in [-0.25, -0.2) is 0 Å². The van der Waals surface area contributed by atoms with Gasteiger partial charge in [-0.2, -0.15) is 0 Å². The summed E-state index contributed by atoms with van der Waals surface area (Å²) in [6, 6.07) is 1.71. The van der Waals surface area contributed by atoms with E-state index in [4.69, 9.17) is 16.0 Å². The molecule has 2 aromatic rings. The van der Waals surface area contributed by atoms with E-state index in [-0.39, 0.29) is 0 Å². The van der Waals surface area contributed by atoms with E-state index in [0.717, 1.165) is 0 Å². The molecule has 0 fully saturated rings. The van der Waals surface area contributed by atoms with Crippen molar-refractivity contribution in [1.82, 2.24) is 15.2 Å². The van der Waals surface area contributed by atoms with Crippen LogP contribution in [0.2, 0.25) is 5.02 Å². The van der Waals surface area contributed by atoms with Gasteiger partial charge in [0.25, 0.3) is 4.80 Å². The molecule has 2 heterocycles. The first-order chi connectivity index (χ1) is 6.27. The fourth-order valence-electron chi connectivity index (χ4n) is 0.863. The highest BCUT2D eigenvalue weighted by Crippen LogP contribution is 2.26. The molecular weight excluding hydrogens is 257 g/mol. The Bertz CT molecular complexity index is 431. The number of hydrogen-bond donors (Lipinski definition) is 0. The van der Waals surface area contributed by atoms with Crippen LogP contribution in [-0.2, 0) is 0 Å². The zero-order chi connectivity index (χ0) is 9.26. The number of pyridine rings is 1. The number of rotatable bonds is 1. The second kappa shape index (κ2) is 3.43. The highest BCUT2D eigenvalue weighted by atomic mass is 79.9. The molecule has 0 aromatic carbocycles. The van der Waals surface area contributed by atoms with Crippen molar-refractivity contribution in [2.45, 2.75) is 0 Å². The van der Waals surface area contributed by atoms with Gasteiger partial charge in [-0.15, -0.1) is 10.2 Å². The van der Waals surface area contributed by atoms with Crippen molar-refractivity contribution < 1.29 is 4.42 Å². The molecule has 0 saturated carbocycles. The van der Waals surface area contributed by atoms with Gasteiger partial charge in [0, 0.05) is 28.3 Å². The lowest BCUT2D eigenvalue weighted by atomic mass is 10.3. The van der Waals surface area contributed by atoms with E-state index in [2.05, 4.69) is 31.1 Å². The maximum atomic E-state index is 5.86. The van der Waals surface area contributed by atoms with Gasteiger partial charge in [-0.05, 0) is 6.07 Å². The molecule has 0 spiro atoms. The molecule has 0 aliphatic rings. The minimum atomic E-state index is 0.329. The van der Waals surface area contributed by atoms with Crippen LogP contribution in [0.15, 0.2) is 27.7 Å². The lowest BCUT2D eigenvalue weighted by molar-refractivity contribution is 0.540. The standard InChI is InChI=1S/C7H3BrClN3O/c8-7-12-11-6(13-7)4-1-2-10-3-5(4)9/h1-3H. The van der Waals surface area contributed by atoms with Gasteiger partial charge in [-0.3, -0.25) is 4.98 Å². The summed E-state index contributed by atoms with van der Waals surface area (Å²) in [6.07, 6.45) is 3.13. The maximum absolute atomic E-state index is 5.86. The van der Waals surface area contributed by atoms with Crippen molar-refractivity contribution in [2.75, 3.05) is 0 Å². The summed E-state index contributed by atoms with van der Waals surface area (Å²) in [5.41, 5.74) is 0.676. The Morgan fingerprint density at radius 3 is 2.85 bits per heavy atom. The van der Waals surface area contributed by atoms with E-state index >= 15 is 0 Å². The average molecular weight is 260 g/mol. The minimum absolute atomic E-state index is 0.329. The summed E-state index contributed by atoms with van der Waals surface area (Å²) in [5.74, 6) is 0.374.